The molecule has 22 heteroatoms. The third kappa shape index (κ3) is 17.6. The number of rotatable bonds is 31. The average molecular weight is 1160 g/mol. The minimum Gasteiger partial charge on any atom is -0.492 e. The summed E-state index contributed by atoms with van der Waals surface area (Å²) in [4.78, 5) is 101. The van der Waals surface area contributed by atoms with Gasteiger partial charge in [0.05, 0.1) is 91.7 Å². The van der Waals surface area contributed by atoms with Gasteiger partial charge >= 0.3 is 35.8 Å². The van der Waals surface area contributed by atoms with E-state index in [1.807, 2.05) is 0 Å². The zero-order valence-corrected chi connectivity index (χ0v) is 47.1. The molecule has 2 aromatic carbocycles. The monoisotopic (exact) mass is 1150 g/mol. The molecule has 18 nitrogen and oxygen atoms in total. The summed E-state index contributed by atoms with van der Waals surface area (Å²) in [5, 5.41) is 0. The van der Waals surface area contributed by atoms with Crippen LogP contribution in [0, 0.1) is 23.7 Å². The Labute approximate surface area is 471 Å². The summed E-state index contributed by atoms with van der Waals surface area (Å²) in [6.45, 7) is 8.12. The van der Waals surface area contributed by atoms with E-state index >= 15 is 0 Å². The molecule has 0 N–H and O–H groups in total. The molecule has 0 unspecified atom stereocenters. The van der Waals surface area contributed by atoms with E-state index in [9.17, 15) is 38.4 Å². The van der Waals surface area contributed by atoms with Gasteiger partial charge in [0.25, 0.3) is 12.9 Å². The predicted octanol–water partition coefficient (Wildman–Crippen LogP) is 10.7. The van der Waals surface area contributed by atoms with Crippen LogP contribution < -0.4 is 18.9 Å². The Kier molecular flexibility index (Phi) is 25.4. The number of fused-ring (bicyclic) bond motifs is 2. The van der Waals surface area contributed by atoms with Crippen molar-refractivity contribution in [1.29, 1.82) is 0 Å². The van der Waals surface area contributed by atoms with Gasteiger partial charge in [-0.3, -0.25) is 19.2 Å². The lowest BCUT2D eigenvalue weighted by Gasteiger charge is -2.36. The second-order valence-corrected chi connectivity index (χ2v) is 23.1. The first-order valence-electron chi connectivity index (χ1n) is 26.0. The SMILES string of the molecule is C=CC(=O)OCCCCCCOc1ccc(OC(=O)C2CCC(C3CCC(C(=O)Oc4ccc(OCCCCCCOC(=O)C=C)c5c4S/C(=C(\COC=O)C(=O)OC)S5)CC3)CC2)c2c1S/C(=C(\COC=O)C(=O)OC)S2. The Bertz CT molecular complexity index is 2390. The molecule has 2 aromatic rings. The molecule has 78 heavy (non-hydrogen) atoms. The zero-order chi connectivity index (χ0) is 55.8. The molecular weight excluding hydrogens is 1090 g/mol. The quantitative estimate of drug-likeness (QED) is 0.0171. The van der Waals surface area contributed by atoms with Crippen molar-refractivity contribution in [2.45, 2.75) is 122 Å². The highest BCUT2D eigenvalue weighted by atomic mass is 32.2. The fraction of sp³-hybridized carbons (Fsp3) is 0.500. The van der Waals surface area contributed by atoms with Crippen LogP contribution in [-0.2, 0) is 66.8 Å². The Morgan fingerprint density at radius 1 is 0.487 bits per heavy atom. The fourth-order valence-corrected chi connectivity index (χ4v) is 14.6. The van der Waals surface area contributed by atoms with E-state index < -0.39 is 23.9 Å². The number of hydrogen-bond donors (Lipinski definition) is 0. The van der Waals surface area contributed by atoms with Gasteiger partial charge in [-0.2, -0.15) is 0 Å². The number of benzene rings is 2. The highest BCUT2D eigenvalue weighted by Crippen LogP contribution is 2.60. The van der Waals surface area contributed by atoms with Crippen LogP contribution in [0.4, 0.5) is 0 Å². The maximum atomic E-state index is 13.9. The third-order valence-electron chi connectivity index (χ3n) is 13.5. The van der Waals surface area contributed by atoms with Crippen molar-refractivity contribution < 1.29 is 85.7 Å². The smallest absolute Gasteiger partial charge is 0.338 e. The number of hydrogen-bond acceptors (Lipinski definition) is 22. The number of carbonyl (C=O) groups is 8. The molecule has 2 aliphatic carbocycles. The van der Waals surface area contributed by atoms with Gasteiger partial charge in [-0.1, -0.05) is 60.2 Å². The van der Waals surface area contributed by atoms with Crippen LogP contribution in [0.3, 0.4) is 0 Å². The minimum absolute atomic E-state index is 0.143. The number of thioether (sulfide) groups is 4. The summed E-state index contributed by atoms with van der Waals surface area (Å²) in [7, 11) is 2.48. The lowest BCUT2D eigenvalue weighted by molar-refractivity contribution is -0.142. The highest BCUT2D eigenvalue weighted by Gasteiger charge is 2.38. The van der Waals surface area contributed by atoms with Gasteiger partial charge in [-0.15, -0.1) is 0 Å². The lowest BCUT2D eigenvalue weighted by Crippen LogP contribution is -2.32. The van der Waals surface area contributed by atoms with E-state index in [0.717, 1.165) is 76.4 Å². The van der Waals surface area contributed by atoms with Crippen LogP contribution >= 0.6 is 47.0 Å². The van der Waals surface area contributed by atoms with Gasteiger partial charge in [0.2, 0.25) is 0 Å². The molecule has 0 spiro atoms. The van der Waals surface area contributed by atoms with Crippen molar-refractivity contribution in [3.8, 4) is 23.0 Å². The van der Waals surface area contributed by atoms with Crippen molar-refractivity contribution in [2.75, 3.05) is 53.9 Å². The molecular formula is C56H66O18S4. The van der Waals surface area contributed by atoms with Crippen molar-refractivity contribution in [1.82, 2.24) is 0 Å². The zero-order valence-electron chi connectivity index (χ0n) is 43.9. The second-order valence-electron chi connectivity index (χ2n) is 18.5. The van der Waals surface area contributed by atoms with E-state index in [1.165, 1.54) is 61.3 Å². The van der Waals surface area contributed by atoms with Gasteiger partial charge in [0.1, 0.15) is 36.2 Å². The Morgan fingerprint density at radius 3 is 1.15 bits per heavy atom. The van der Waals surface area contributed by atoms with Crippen molar-refractivity contribution >= 4 is 95.8 Å². The van der Waals surface area contributed by atoms with E-state index in [1.54, 1.807) is 24.3 Å². The Balaban J connectivity index is 1.03. The molecule has 4 aliphatic rings. The number of methoxy groups -OCH3 is 2. The van der Waals surface area contributed by atoms with E-state index in [-0.39, 0.29) is 61.1 Å². The molecule has 0 aromatic heterocycles. The van der Waals surface area contributed by atoms with Gasteiger partial charge in [0.15, 0.2) is 0 Å². The topological polar surface area (TPSA) is 229 Å². The molecule has 2 heterocycles. The number of unbranched alkanes of at least 4 members (excludes halogenated alkanes) is 6. The van der Waals surface area contributed by atoms with E-state index in [4.69, 9.17) is 47.4 Å². The molecule has 0 bridgehead atoms. The fourth-order valence-electron chi connectivity index (χ4n) is 9.35. The molecule has 422 valence electrons. The average Bonchev–Trinajstić information content (AvgIpc) is 4.14. The predicted molar refractivity (Wildman–Crippen MR) is 291 cm³/mol. The molecule has 2 saturated carbocycles. The lowest BCUT2D eigenvalue weighted by atomic mass is 9.69. The summed E-state index contributed by atoms with van der Waals surface area (Å²) in [6, 6.07) is 6.90. The molecule has 6 rings (SSSR count). The summed E-state index contributed by atoms with van der Waals surface area (Å²) in [6.07, 6.45) is 14.5. The first-order valence-corrected chi connectivity index (χ1v) is 29.3. The summed E-state index contributed by atoms with van der Waals surface area (Å²) < 4.78 is 55.7. The van der Waals surface area contributed by atoms with Gasteiger partial charge < -0.3 is 47.4 Å². The summed E-state index contributed by atoms with van der Waals surface area (Å²) >= 11 is 4.95. The maximum Gasteiger partial charge on any atom is 0.338 e. The number of ether oxygens (including phenoxy) is 10. The van der Waals surface area contributed by atoms with Gasteiger partial charge in [0, 0.05) is 12.2 Å². The first-order chi connectivity index (χ1) is 37.9. The third-order valence-corrected chi connectivity index (χ3v) is 18.9. The number of esters is 6. The summed E-state index contributed by atoms with van der Waals surface area (Å²) in [5.74, 6) is -1.01. The molecule has 2 aliphatic heterocycles. The van der Waals surface area contributed by atoms with Crippen molar-refractivity contribution in [3.63, 3.8) is 0 Å². The van der Waals surface area contributed by atoms with Crippen LogP contribution in [0.15, 0.2) is 88.8 Å². The van der Waals surface area contributed by atoms with Gasteiger partial charge in [-0.25, -0.2) is 19.2 Å². The molecule has 0 amide bonds. The van der Waals surface area contributed by atoms with Crippen LogP contribution in [0.2, 0.25) is 0 Å². The maximum absolute atomic E-state index is 13.9. The summed E-state index contributed by atoms with van der Waals surface area (Å²) in [5.41, 5.74) is 0.287. The van der Waals surface area contributed by atoms with Crippen LogP contribution in [-0.4, -0.2) is 103 Å². The van der Waals surface area contributed by atoms with Crippen molar-refractivity contribution in [2.24, 2.45) is 23.7 Å². The normalized spacial score (nSPS) is 19.6. The van der Waals surface area contributed by atoms with Crippen LogP contribution in [0.5, 0.6) is 23.0 Å². The van der Waals surface area contributed by atoms with Crippen LogP contribution in [0.25, 0.3) is 0 Å². The second kappa shape index (κ2) is 32.3. The largest absolute Gasteiger partial charge is 0.492 e. The van der Waals surface area contributed by atoms with Gasteiger partial charge in [-0.05, 0) is 139 Å². The molecule has 0 atom stereocenters. The van der Waals surface area contributed by atoms with Crippen LogP contribution in [0.1, 0.15) is 103 Å². The first kappa shape index (κ1) is 61.4. The van der Waals surface area contributed by atoms with E-state index in [0.29, 0.717) is 128 Å². The Morgan fingerprint density at radius 2 is 0.821 bits per heavy atom. The highest BCUT2D eigenvalue weighted by molar-refractivity contribution is 8.25. The van der Waals surface area contributed by atoms with Crippen molar-refractivity contribution in [3.05, 3.63) is 69.2 Å². The molecule has 2 fully saturated rings. The standard InChI is InChI=1S/C56H66O18S4/c1-5-45(59)71-29-13-9-7-11-27-69-41-23-25-43(49-47(41)75-55(77-49)39(31-67-33-57)53(63)65-3)73-51(61)37-19-15-35(16-20-37)36-17-21-38(22-18-36)52(62)74-44-26-24-42(70-28-12-8-10-14-30-72-46(60)6-2)48-50(44)78-56(76-48)40(32-68-34-58)54(64)66-4/h5-6,23-26,33-38H,1-2,7-22,27-32H2,3-4H3/b55-39-,56-40+. The number of carbonyl (C=O) groups excluding carboxylic acids is 8. The molecule has 0 radical (unpaired) electrons. The Hall–Kier alpha value is -5.84. The minimum atomic E-state index is -0.660. The van der Waals surface area contributed by atoms with E-state index in [2.05, 4.69) is 13.2 Å². The molecule has 0 saturated heterocycles.